The normalized spacial score (nSPS) is 14.1. The third-order valence-corrected chi connectivity index (χ3v) is 9.50. The Hall–Kier alpha value is -5.20. The van der Waals surface area contributed by atoms with Gasteiger partial charge in [0.1, 0.15) is 12.4 Å². The van der Waals surface area contributed by atoms with Crippen molar-refractivity contribution in [2.24, 2.45) is 5.92 Å². The van der Waals surface area contributed by atoms with Crippen LogP contribution in [0.2, 0.25) is 0 Å². The number of carbonyl (C=O) groups is 2. The number of para-hydroxylation sites is 2. The van der Waals surface area contributed by atoms with Crippen LogP contribution in [0, 0.1) is 5.92 Å². The van der Waals surface area contributed by atoms with E-state index in [0.29, 0.717) is 44.6 Å². The Kier molecular flexibility index (Phi) is 12.0. The molecule has 6 heteroatoms. The van der Waals surface area contributed by atoms with Gasteiger partial charge in [-0.1, -0.05) is 117 Å². The maximum Gasteiger partial charge on any atom is 0.254 e. The minimum absolute atomic E-state index is 0.0106. The number of carbonyl (C=O) groups excluding carboxylic acids is 2. The number of likely N-dealkylation sites (N-methyl/N-ethyl adjacent to an activating group) is 1. The number of benzene rings is 5. The van der Waals surface area contributed by atoms with Crippen LogP contribution in [-0.2, 0) is 24.4 Å². The molecule has 0 aliphatic carbocycles. The van der Waals surface area contributed by atoms with Gasteiger partial charge in [0.15, 0.2) is 0 Å². The molecule has 5 aromatic rings. The van der Waals surface area contributed by atoms with Crippen LogP contribution in [0.3, 0.4) is 0 Å². The summed E-state index contributed by atoms with van der Waals surface area (Å²) in [6, 6.07) is 42.9. The molecule has 1 aliphatic heterocycles. The van der Waals surface area contributed by atoms with Crippen molar-refractivity contribution in [3.63, 3.8) is 0 Å². The highest BCUT2D eigenvalue weighted by Crippen LogP contribution is 2.33. The Balaban J connectivity index is 1.36. The Morgan fingerprint density at radius 2 is 1.41 bits per heavy atom. The quantitative estimate of drug-likeness (QED) is 0.156. The molecule has 0 N–H and O–H groups in total. The molecule has 262 valence electrons. The fourth-order valence-electron chi connectivity index (χ4n) is 6.78. The van der Waals surface area contributed by atoms with Gasteiger partial charge >= 0.3 is 0 Å². The van der Waals surface area contributed by atoms with Gasteiger partial charge in [0, 0.05) is 49.4 Å². The average Bonchev–Trinajstić information content (AvgIpc) is 3.18. The molecule has 0 aromatic heterocycles. The maximum absolute atomic E-state index is 14.8. The topological polar surface area (TPSA) is 53.1 Å². The molecule has 0 unspecified atom stereocenters. The minimum Gasteiger partial charge on any atom is -0.488 e. The van der Waals surface area contributed by atoms with E-state index >= 15 is 0 Å². The second kappa shape index (κ2) is 17.1. The summed E-state index contributed by atoms with van der Waals surface area (Å²) in [5, 5.41) is 0. The Bertz CT molecular complexity index is 1910. The lowest BCUT2D eigenvalue weighted by molar-refractivity contribution is -0.119. The van der Waals surface area contributed by atoms with E-state index in [1.165, 1.54) is 0 Å². The van der Waals surface area contributed by atoms with Crippen molar-refractivity contribution in [1.29, 1.82) is 0 Å². The van der Waals surface area contributed by atoms with E-state index in [1.54, 1.807) is 0 Å². The SMILES string of the molecule is CC(C)CC(=O)N1CCCN(C)CCN(C(=O)c2ccc(-c3ccccc3OCc3ccccc3)cc2Cc2ccccc2)Cc2ccccc21. The molecule has 1 heterocycles. The van der Waals surface area contributed by atoms with Gasteiger partial charge in [0.25, 0.3) is 5.91 Å². The minimum atomic E-state index is -0.0106. The zero-order valence-corrected chi connectivity index (χ0v) is 30.1. The highest BCUT2D eigenvalue weighted by molar-refractivity contribution is 5.97. The third kappa shape index (κ3) is 9.33. The van der Waals surface area contributed by atoms with Crippen molar-refractivity contribution >= 4 is 17.5 Å². The standard InChI is InChI=1S/C45H49N3O3/c1-34(2)29-44(49)48-26-14-25-46(3)27-28-47(32-38-19-10-12-21-42(38)48)45(50)41-24-23-37(31-39(41)30-35-15-6-4-7-16-35)40-20-11-13-22-43(40)51-33-36-17-8-5-9-18-36/h4-13,15-24,31,34H,14,25-30,32-33H2,1-3H3. The highest BCUT2D eigenvalue weighted by Gasteiger charge is 2.25. The van der Waals surface area contributed by atoms with Crippen LogP contribution in [0.15, 0.2) is 127 Å². The van der Waals surface area contributed by atoms with Gasteiger partial charge < -0.3 is 19.4 Å². The van der Waals surface area contributed by atoms with Crippen LogP contribution < -0.4 is 9.64 Å². The van der Waals surface area contributed by atoms with Crippen molar-refractivity contribution in [2.75, 3.05) is 38.1 Å². The van der Waals surface area contributed by atoms with E-state index in [4.69, 9.17) is 4.74 Å². The van der Waals surface area contributed by atoms with Gasteiger partial charge in [0.2, 0.25) is 5.91 Å². The molecule has 0 bridgehead atoms. The van der Waals surface area contributed by atoms with Crippen molar-refractivity contribution in [3.8, 4) is 16.9 Å². The third-order valence-electron chi connectivity index (χ3n) is 9.50. The van der Waals surface area contributed by atoms with E-state index in [0.717, 1.165) is 64.3 Å². The second-order valence-electron chi connectivity index (χ2n) is 14.0. The summed E-state index contributed by atoms with van der Waals surface area (Å²) in [4.78, 5) is 34.6. The summed E-state index contributed by atoms with van der Waals surface area (Å²) in [5.41, 5.74) is 7.77. The molecule has 0 spiro atoms. The smallest absolute Gasteiger partial charge is 0.254 e. The van der Waals surface area contributed by atoms with Gasteiger partial charge in [-0.05, 0) is 84.4 Å². The number of rotatable bonds is 9. The first-order chi connectivity index (χ1) is 24.9. The lowest BCUT2D eigenvalue weighted by Crippen LogP contribution is -2.37. The zero-order valence-electron chi connectivity index (χ0n) is 30.1. The van der Waals surface area contributed by atoms with Crippen molar-refractivity contribution < 1.29 is 14.3 Å². The van der Waals surface area contributed by atoms with Crippen LogP contribution >= 0.6 is 0 Å². The molecule has 1 aliphatic rings. The highest BCUT2D eigenvalue weighted by atomic mass is 16.5. The molecule has 0 atom stereocenters. The first-order valence-electron chi connectivity index (χ1n) is 18.1. The molecule has 51 heavy (non-hydrogen) atoms. The van der Waals surface area contributed by atoms with E-state index in [-0.39, 0.29) is 17.7 Å². The zero-order chi connectivity index (χ0) is 35.6. The van der Waals surface area contributed by atoms with E-state index in [2.05, 4.69) is 68.3 Å². The summed E-state index contributed by atoms with van der Waals surface area (Å²) in [7, 11) is 2.10. The van der Waals surface area contributed by atoms with Crippen molar-refractivity contribution in [1.82, 2.24) is 9.80 Å². The molecular formula is C45H49N3O3. The van der Waals surface area contributed by atoms with Gasteiger partial charge in [0.05, 0.1) is 0 Å². The summed E-state index contributed by atoms with van der Waals surface area (Å²) < 4.78 is 6.35. The molecular weight excluding hydrogens is 631 g/mol. The molecule has 5 aromatic carbocycles. The number of anilines is 1. The Morgan fingerprint density at radius 3 is 2.18 bits per heavy atom. The number of ether oxygens (including phenoxy) is 1. The second-order valence-corrected chi connectivity index (χ2v) is 14.0. The summed E-state index contributed by atoms with van der Waals surface area (Å²) in [6.07, 6.45) is 1.97. The van der Waals surface area contributed by atoms with Crippen LogP contribution in [0.5, 0.6) is 5.75 Å². The largest absolute Gasteiger partial charge is 0.488 e. The number of nitrogens with zero attached hydrogens (tertiary/aromatic N) is 3. The lowest BCUT2D eigenvalue weighted by atomic mass is 9.93. The molecule has 0 fully saturated rings. The van der Waals surface area contributed by atoms with Crippen LogP contribution in [0.4, 0.5) is 5.69 Å². The molecule has 6 rings (SSSR count). The van der Waals surface area contributed by atoms with Gasteiger partial charge in [-0.2, -0.15) is 0 Å². The van der Waals surface area contributed by atoms with E-state index in [1.807, 2.05) is 94.7 Å². The number of amides is 2. The summed E-state index contributed by atoms with van der Waals surface area (Å²) in [5.74, 6) is 1.18. The van der Waals surface area contributed by atoms with Crippen LogP contribution in [0.1, 0.15) is 59.3 Å². The maximum atomic E-state index is 14.8. The Morgan fingerprint density at radius 1 is 0.725 bits per heavy atom. The molecule has 0 radical (unpaired) electrons. The van der Waals surface area contributed by atoms with Gasteiger partial charge in [-0.25, -0.2) is 0 Å². The summed E-state index contributed by atoms with van der Waals surface area (Å²) >= 11 is 0. The molecule has 0 saturated heterocycles. The number of hydrogen-bond acceptors (Lipinski definition) is 4. The molecule has 0 saturated carbocycles. The first-order valence-corrected chi connectivity index (χ1v) is 18.1. The van der Waals surface area contributed by atoms with E-state index < -0.39 is 0 Å². The molecule has 6 nitrogen and oxygen atoms in total. The summed E-state index contributed by atoms with van der Waals surface area (Å²) in [6.45, 7) is 7.86. The predicted molar refractivity (Wildman–Crippen MR) is 207 cm³/mol. The fourth-order valence-corrected chi connectivity index (χ4v) is 6.78. The van der Waals surface area contributed by atoms with Gasteiger partial charge in [-0.3, -0.25) is 9.59 Å². The molecule has 2 amide bonds. The van der Waals surface area contributed by atoms with Crippen molar-refractivity contribution in [3.05, 3.63) is 155 Å². The number of fused-ring (bicyclic) bond motifs is 1. The lowest BCUT2D eigenvalue weighted by Gasteiger charge is -2.29. The predicted octanol–water partition coefficient (Wildman–Crippen LogP) is 8.88. The number of hydrogen-bond donors (Lipinski definition) is 0. The Labute approximate surface area is 303 Å². The fraction of sp³-hybridized carbons (Fsp3) is 0.289. The average molecular weight is 680 g/mol. The first kappa shape index (κ1) is 35.6. The van der Waals surface area contributed by atoms with Crippen LogP contribution in [0.25, 0.3) is 11.1 Å². The van der Waals surface area contributed by atoms with E-state index in [9.17, 15) is 9.59 Å². The van der Waals surface area contributed by atoms with Gasteiger partial charge in [-0.15, -0.1) is 0 Å². The monoisotopic (exact) mass is 679 g/mol. The van der Waals surface area contributed by atoms with Crippen molar-refractivity contribution in [2.45, 2.75) is 46.3 Å². The van der Waals surface area contributed by atoms with Crippen LogP contribution in [-0.4, -0.2) is 54.8 Å².